The highest BCUT2D eigenvalue weighted by atomic mass is 35.5. The normalized spacial score (nSPS) is 22.2. The molecule has 9 heteroatoms. The molecule has 0 unspecified atom stereocenters. The number of nitrogens with zero attached hydrogens (tertiary/aromatic N) is 1. The second-order valence-corrected chi connectivity index (χ2v) is 9.20. The van der Waals surface area contributed by atoms with Gasteiger partial charge in [-0.1, -0.05) is 42.3 Å². The molecule has 0 spiro atoms. The lowest BCUT2D eigenvalue weighted by Gasteiger charge is -2.25. The molecule has 3 amide bonds. The summed E-state index contributed by atoms with van der Waals surface area (Å²) in [6.07, 6.45) is 2.31. The molecule has 2 aromatic carbocycles. The molecule has 1 aliphatic carbocycles. The third-order valence-corrected chi connectivity index (χ3v) is 6.91. The van der Waals surface area contributed by atoms with E-state index in [0.717, 1.165) is 6.42 Å². The molecule has 2 fully saturated rings. The summed E-state index contributed by atoms with van der Waals surface area (Å²) in [5.41, 5.74) is 0.760. The Hall–Kier alpha value is -2.90. The SMILES string of the molecule is C[C@@H]1CC[C@H]2C(=O)N(c3cccc(C(=O)OCC(=O)Nc4cccc(Cl)c4Cl)c3)C(=O)[C@H]2C1. The molecule has 2 aliphatic rings. The molecule has 3 atom stereocenters. The van der Waals surface area contributed by atoms with Crippen molar-refractivity contribution in [2.24, 2.45) is 17.8 Å². The van der Waals surface area contributed by atoms with Crippen molar-refractivity contribution in [1.29, 1.82) is 0 Å². The van der Waals surface area contributed by atoms with Gasteiger partial charge in [-0.25, -0.2) is 4.79 Å². The predicted octanol–water partition coefficient (Wildman–Crippen LogP) is 4.71. The third-order valence-electron chi connectivity index (χ3n) is 6.09. The van der Waals surface area contributed by atoms with Gasteiger partial charge in [0, 0.05) is 0 Å². The zero-order valence-corrected chi connectivity index (χ0v) is 19.4. The first-order chi connectivity index (χ1) is 15.8. The summed E-state index contributed by atoms with van der Waals surface area (Å²) in [5.74, 6) is -2.00. The molecule has 1 heterocycles. The van der Waals surface area contributed by atoms with E-state index in [1.807, 2.05) is 0 Å². The maximum atomic E-state index is 12.9. The van der Waals surface area contributed by atoms with Crippen LogP contribution in [0.4, 0.5) is 11.4 Å². The Labute approximate surface area is 201 Å². The Bertz CT molecular complexity index is 1140. The molecule has 7 nitrogen and oxygen atoms in total. The molecule has 1 saturated heterocycles. The van der Waals surface area contributed by atoms with Crippen LogP contribution >= 0.6 is 23.2 Å². The number of anilines is 2. The number of carbonyl (C=O) groups is 4. The molecule has 0 bridgehead atoms. The van der Waals surface area contributed by atoms with Gasteiger partial charge in [0.15, 0.2) is 6.61 Å². The minimum Gasteiger partial charge on any atom is -0.452 e. The van der Waals surface area contributed by atoms with Gasteiger partial charge in [-0.05, 0) is 55.5 Å². The number of rotatable bonds is 5. The third kappa shape index (κ3) is 4.75. The maximum absolute atomic E-state index is 12.9. The van der Waals surface area contributed by atoms with Crippen molar-refractivity contribution < 1.29 is 23.9 Å². The lowest BCUT2D eigenvalue weighted by molar-refractivity contribution is -0.122. The Morgan fingerprint density at radius 1 is 1.06 bits per heavy atom. The first-order valence-electron chi connectivity index (χ1n) is 10.6. The van der Waals surface area contributed by atoms with Gasteiger partial charge < -0.3 is 10.1 Å². The van der Waals surface area contributed by atoms with E-state index in [2.05, 4.69) is 12.2 Å². The first-order valence-corrected chi connectivity index (χ1v) is 11.4. The highest BCUT2D eigenvalue weighted by Crippen LogP contribution is 2.42. The van der Waals surface area contributed by atoms with Gasteiger partial charge in [0.2, 0.25) is 11.8 Å². The summed E-state index contributed by atoms with van der Waals surface area (Å²) in [7, 11) is 0. The fourth-order valence-corrected chi connectivity index (χ4v) is 4.76. The number of carbonyl (C=O) groups excluding carboxylic acids is 4. The van der Waals surface area contributed by atoms with Gasteiger partial charge in [0.25, 0.3) is 5.91 Å². The minimum atomic E-state index is -0.755. The predicted molar refractivity (Wildman–Crippen MR) is 124 cm³/mol. The second kappa shape index (κ2) is 9.53. The van der Waals surface area contributed by atoms with Crippen LogP contribution in [0, 0.1) is 17.8 Å². The van der Waals surface area contributed by atoms with Crippen LogP contribution in [0.15, 0.2) is 42.5 Å². The number of benzene rings is 2. The number of fused-ring (bicyclic) bond motifs is 1. The van der Waals surface area contributed by atoms with E-state index in [4.69, 9.17) is 27.9 Å². The van der Waals surface area contributed by atoms with Crippen LogP contribution in [0.1, 0.15) is 36.5 Å². The Morgan fingerprint density at radius 2 is 1.79 bits per heavy atom. The topological polar surface area (TPSA) is 92.8 Å². The van der Waals surface area contributed by atoms with Crippen LogP contribution in [0.25, 0.3) is 0 Å². The second-order valence-electron chi connectivity index (χ2n) is 8.42. The van der Waals surface area contributed by atoms with Crippen molar-refractivity contribution in [2.75, 3.05) is 16.8 Å². The number of amides is 3. The zero-order chi connectivity index (χ0) is 23.7. The molecule has 1 N–H and O–H groups in total. The molecular formula is C24H22Cl2N2O5. The van der Waals surface area contributed by atoms with E-state index in [1.54, 1.807) is 30.3 Å². The summed E-state index contributed by atoms with van der Waals surface area (Å²) < 4.78 is 5.10. The quantitative estimate of drug-likeness (QED) is 0.485. The van der Waals surface area contributed by atoms with Crippen LogP contribution < -0.4 is 10.2 Å². The van der Waals surface area contributed by atoms with Crippen LogP contribution in [-0.2, 0) is 19.1 Å². The molecule has 33 heavy (non-hydrogen) atoms. The van der Waals surface area contributed by atoms with E-state index < -0.39 is 18.5 Å². The van der Waals surface area contributed by atoms with Gasteiger partial charge >= 0.3 is 5.97 Å². The number of ether oxygens (including phenoxy) is 1. The molecule has 172 valence electrons. The molecule has 1 aliphatic heterocycles. The molecule has 1 saturated carbocycles. The lowest BCUT2D eigenvalue weighted by atomic mass is 9.76. The van der Waals surface area contributed by atoms with Gasteiger partial charge in [0.05, 0.1) is 38.8 Å². The van der Waals surface area contributed by atoms with Crippen LogP contribution in [0.2, 0.25) is 10.0 Å². The van der Waals surface area contributed by atoms with E-state index in [-0.39, 0.29) is 39.3 Å². The van der Waals surface area contributed by atoms with Crippen LogP contribution in [-0.4, -0.2) is 30.3 Å². The van der Waals surface area contributed by atoms with Crippen molar-refractivity contribution >= 4 is 58.3 Å². The largest absolute Gasteiger partial charge is 0.452 e. The molecule has 0 aromatic heterocycles. The Morgan fingerprint density at radius 3 is 2.58 bits per heavy atom. The molecular weight excluding hydrogens is 467 g/mol. The number of hydrogen-bond donors (Lipinski definition) is 1. The summed E-state index contributed by atoms with van der Waals surface area (Å²) in [6, 6.07) is 10.9. The van der Waals surface area contributed by atoms with Crippen LogP contribution in [0.3, 0.4) is 0 Å². The van der Waals surface area contributed by atoms with E-state index in [0.29, 0.717) is 30.1 Å². The van der Waals surface area contributed by atoms with Crippen molar-refractivity contribution in [2.45, 2.75) is 26.2 Å². The molecule has 2 aromatic rings. The van der Waals surface area contributed by atoms with Gasteiger partial charge in [-0.3, -0.25) is 19.3 Å². The smallest absolute Gasteiger partial charge is 0.338 e. The van der Waals surface area contributed by atoms with E-state index >= 15 is 0 Å². The number of nitrogens with one attached hydrogen (secondary N) is 1. The summed E-state index contributed by atoms with van der Waals surface area (Å²) in [5, 5.41) is 2.99. The van der Waals surface area contributed by atoms with Crippen molar-refractivity contribution in [3.05, 3.63) is 58.1 Å². The van der Waals surface area contributed by atoms with E-state index in [1.165, 1.54) is 17.0 Å². The number of esters is 1. The number of hydrogen-bond acceptors (Lipinski definition) is 5. The Kier molecular flexibility index (Phi) is 6.72. The maximum Gasteiger partial charge on any atom is 0.338 e. The summed E-state index contributed by atoms with van der Waals surface area (Å²) >= 11 is 12.0. The highest BCUT2D eigenvalue weighted by molar-refractivity contribution is 6.44. The standard InChI is InChI=1S/C24H22Cl2N2O5/c1-13-8-9-16-17(10-13)23(31)28(22(16)30)15-5-2-4-14(11-15)24(32)33-12-20(29)27-19-7-3-6-18(25)21(19)26/h2-7,11,13,16-17H,8-10,12H2,1H3,(H,27,29)/t13-,16-,17+/m1/s1. The fourth-order valence-electron chi connectivity index (χ4n) is 4.42. The Balaban J connectivity index is 1.42. The number of halogens is 2. The molecule has 0 radical (unpaired) electrons. The minimum absolute atomic E-state index is 0.130. The lowest BCUT2D eigenvalue weighted by Crippen LogP contribution is -2.31. The highest BCUT2D eigenvalue weighted by Gasteiger charge is 2.50. The van der Waals surface area contributed by atoms with Gasteiger partial charge in [-0.15, -0.1) is 0 Å². The first kappa shape index (κ1) is 23.3. The fraction of sp³-hybridized carbons (Fsp3) is 0.333. The van der Waals surface area contributed by atoms with E-state index in [9.17, 15) is 19.2 Å². The zero-order valence-electron chi connectivity index (χ0n) is 17.8. The average molecular weight is 489 g/mol. The van der Waals surface area contributed by atoms with Crippen LogP contribution in [0.5, 0.6) is 0 Å². The van der Waals surface area contributed by atoms with Gasteiger partial charge in [-0.2, -0.15) is 0 Å². The van der Waals surface area contributed by atoms with Crippen molar-refractivity contribution in [3.8, 4) is 0 Å². The van der Waals surface area contributed by atoms with Gasteiger partial charge in [0.1, 0.15) is 0 Å². The monoisotopic (exact) mass is 488 g/mol. The molecule has 4 rings (SSSR count). The average Bonchev–Trinajstić information content (AvgIpc) is 3.04. The number of imide groups is 1. The summed E-state index contributed by atoms with van der Waals surface area (Å²) in [4.78, 5) is 51.7. The van der Waals surface area contributed by atoms with Crippen molar-refractivity contribution in [3.63, 3.8) is 0 Å². The summed E-state index contributed by atoms with van der Waals surface area (Å²) in [6.45, 7) is 1.54. The van der Waals surface area contributed by atoms with Crippen molar-refractivity contribution in [1.82, 2.24) is 0 Å².